The molecular formula is C11H15FN2O2S. The summed E-state index contributed by atoms with van der Waals surface area (Å²) < 4.78 is 39.5. The Morgan fingerprint density at radius 2 is 1.94 bits per heavy atom. The van der Waals surface area contributed by atoms with Gasteiger partial charge in [-0.25, -0.2) is 17.5 Å². The molecule has 0 spiro atoms. The maximum absolute atomic E-state index is 13.0. The topological polar surface area (TPSA) is 72.2 Å². The van der Waals surface area contributed by atoms with Crippen LogP contribution in [0.25, 0.3) is 0 Å². The summed E-state index contributed by atoms with van der Waals surface area (Å²) in [7, 11) is -3.58. The van der Waals surface area contributed by atoms with Crippen LogP contribution in [0.1, 0.15) is 25.7 Å². The van der Waals surface area contributed by atoms with Crippen LogP contribution in [0.5, 0.6) is 0 Å². The molecule has 1 aliphatic rings. The van der Waals surface area contributed by atoms with Gasteiger partial charge in [0.1, 0.15) is 5.82 Å². The van der Waals surface area contributed by atoms with Gasteiger partial charge < -0.3 is 5.73 Å². The zero-order valence-corrected chi connectivity index (χ0v) is 10.1. The van der Waals surface area contributed by atoms with E-state index in [0.717, 1.165) is 37.8 Å². The van der Waals surface area contributed by atoms with Crippen molar-refractivity contribution in [3.8, 4) is 0 Å². The first-order valence-electron chi connectivity index (χ1n) is 5.56. The van der Waals surface area contributed by atoms with Gasteiger partial charge in [0.15, 0.2) is 0 Å². The van der Waals surface area contributed by atoms with E-state index in [4.69, 9.17) is 5.73 Å². The molecule has 0 saturated heterocycles. The number of sulfonamides is 1. The van der Waals surface area contributed by atoms with Gasteiger partial charge >= 0.3 is 0 Å². The number of anilines is 1. The molecule has 0 unspecified atom stereocenters. The molecule has 0 heterocycles. The number of hydrogen-bond donors (Lipinski definition) is 2. The number of benzene rings is 1. The number of rotatable bonds is 3. The van der Waals surface area contributed by atoms with Crippen LogP contribution < -0.4 is 10.5 Å². The fourth-order valence-corrected chi connectivity index (χ4v) is 3.36. The number of hydrogen-bond acceptors (Lipinski definition) is 3. The average molecular weight is 258 g/mol. The lowest BCUT2D eigenvalue weighted by molar-refractivity contribution is 0.552. The first-order chi connectivity index (χ1) is 7.99. The van der Waals surface area contributed by atoms with Crippen LogP contribution in [0.15, 0.2) is 23.1 Å². The molecule has 4 nitrogen and oxygen atoms in total. The number of nitrogen functional groups attached to an aromatic ring is 1. The highest BCUT2D eigenvalue weighted by Crippen LogP contribution is 2.21. The van der Waals surface area contributed by atoms with Crippen molar-refractivity contribution in [3.63, 3.8) is 0 Å². The van der Waals surface area contributed by atoms with Crippen molar-refractivity contribution in [2.24, 2.45) is 0 Å². The van der Waals surface area contributed by atoms with E-state index in [1.807, 2.05) is 0 Å². The lowest BCUT2D eigenvalue weighted by Crippen LogP contribution is -2.32. The van der Waals surface area contributed by atoms with Gasteiger partial charge in [-0.1, -0.05) is 12.8 Å². The van der Waals surface area contributed by atoms with Crippen molar-refractivity contribution >= 4 is 15.7 Å². The lowest BCUT2D eigenvalue weighted by Gasteiger charge is -2.12. The van der Waals surface area contributed by atoms with E-state index in [1.54, 1.807) is 0 Å². The van der Waals surface area contributed by atoms with Crippen molar-refractivity contribution in [3.05, 3.63) is 24.0 Å². The molecular weight excluding hydrogens is 243 g/mol. The Balaban J connectivity index is 2.21. The summed E-state index contributed by atoms with van der Waals surface area (Å²) in [5, 5.41) is 0. The Morgan fingerprint density at radius 1 is 1.29 bits per heavy atom. The Labute approximate surface area is 100 Å². The van der Waals surface area contributed by atoms with Gasteiger partial charge in [-0.05, 0) is 31.0 Å². The maximum atomic E-state index is 13.0. The predicted molar refractivity (Wildman–Crippen MR) is 63.4 cm³/mol. The minimum absolute atomic E-state index is 0.00808. The SMILES string of the molecule is Nc1cc(S(=O)(=O)NC2CCCC2)ccc1F. The molecule has 0 aromatic heterocycles. The van der Waals surface area contributed by atoms with Crippen molar-refractivity contribution in [2.45, 2.75) is 36.6 Å². The van der Waals surface area contributed by atoms with E-state index in [0.29, 0.717) is 0 Å². The minimum atomic E-state index is -3.58. The largest absolute Gasteiger partial charge is 0.396 e. The van der Waals surface area contributed by atoms with Gasteiger partial charge in [-0.2, -0.15) is 0 Å². The normalized spacial score (nSPS) is 17.5. The Kier molecular flexibility index (Phi) is 3.35. The lowest BCUT2D eigenvalue weighted by atomic mass is 10.3. The number of nitrogens with two attached hydrogens (primary N) is 1. The molecule has 17 heavy (non-hydrogen) atoms. The number of halogens is 1. The second-order valence-corrected chi connectivity index (χ2v) is 6.00. The van der Waals surface area contributed by atoms with Crippen LogP contribution in [-0.2, 0) is 10.0 Å². The van der Waals surface area contributed by atoms with E-state index in [-0.39, 0.29) is 16.6 Å². The summed E-state index contributed by atoms with van der Waals surface area (Å²) >= 11 is 0. The van der Waals surface area contributed by atoms with E-state index in [2.05, 4.69) is 4.72 Å². The first kappa shape index (κ1) is 12.3. The molecule has 1 aromatic carbocycles. The summed E-state index contributed by atoms with van der Waals surface area (Å²) in [6.45, 7) is 0. The van der Waals surface area contributed by atoms with Crippen LogP contribution in [0.3, 0.4) is 0 Å². The molecule has 0 radical (unpaired) electrons. The summed E-state index contributed by atoms with van der Waals surface area (Å²) in [6, 6.07) is 3.43. The van der Waals surface area contributed by atoms with Gasteiger partial charge in [0, 0.05) is 6.04 Å². The standard InChI is InChI=1S/C11H15FN2O2S/c12-10-6-5-9(7-11(10)13)17(15,16)14-8-3-1-2-4-8/h5-8,14H,1-4,13H2. The second kappa shape index (κ2) is 4.62. The third-order valence-electron chi connectivity index (χ3n) is 2.95. The Morgan fingerprint density at radius 3 is 2.53 bits per heavy atom. The van der Waals surface area contributed by atoms with Gasteiger partial charge in [0.05, 0.1) is 10.6 Å². The Hall–Kier alpha value is -1.14. The zero-order valence-electron chi connectivity index (χ0n) is 9.32. The minimum Gasteiger partial charge on any atom is -0.396 e. The second-order valence-electron chi connectivity index (χ2n) is 4.29. The molecule has 3 N–H and O–H groups in total. The first-order valence-corrected chi connectivity index (χ1v) is 7.05. The Bertz CT molecular complexity index is 510. The average Bonchev–Trinajstić information content (AvgIpc) is 2.73. The molecule has 1 saturated carbocycles. The van der Waals surface area contributed by atoms with Crippen LogP contribution in [0.4, 0.5) is 10.1 Å². The molecule has 0 amide bonds. The fourth-order valence-electron chi connectivity index (χ4n) is 2.02. The summed E-state index contributed by atoms with van der Waals surface area (Å²) in [6.07, 6.45) is 3.79. The molecule has 94 valence electrons. The summed E-state index contributed by atoms with van der Waals surface area (Å²) in [5.74, 6) is -0.607. The molecule has 0 atom stereocenters. The molecule has 0 bridgehead atoms. The maximum Gasteiger partial charge on any atom is 0.240 e. The third kappa shape index (κ3) is 2.76. The van der Waals surface area contributed by atoms with Crippen molar-refractivity contribution < 1.29 is 12.8 Å². The van der Waals surface area contributed by atoms with Crippen molar-refractivity contribution in [2.75, 3.05) is 5.73 Å². The summed E-state index contributed by atoms with van der Waals surface area (Å²) in [5.41, 5.74) is 5.20. The van der Waals surface area contributed by atoms with Crippen LogP contribution >= 0.6 is 0 Å². The molecule has 2 rings (SSSR count). The van der Waals surface area contributed by atoms with Gasteiger partial charge in [-0.15, -0.1) is 0 Å². The predicted octanol–water partition coefficient (Wildman–Crippen LogP) is 1.63. The summed E-state index contributed by atoms with van der Waals surface area (Å²) in [4.78, 5) is 0.0169. The quantitative estimate of drug-likeness (QED) is 0.809. The fraction of sp³-hybridized carbons (Fsp3) is 0.455. The smallest absolute Gasteiger partial charge is 0.240 e. The highest BCUT2D eigenvalue weighted by molar-refractivity contribution is 7.89. The number of nitrogens with one attached hydrogen (secondary N) is 1. The molecule has 1 aliphatic carbocycles. The van der Waals surface area contributed by atoms with E-state index >= 15 is 0 Å². The van der Waals surface area contributed by atoms with Gasteiger partial charge in [0.25, 0.3) is 0 Å². The molecule has 0 aliphatic heterocycles. The van der Waals surface area contributed by atoms with Crippen LogP contribution in [-0.4, -0.2) is 14.5 Å². The van der Waals surface area contributed by atoms with Gasteiger partial charge in [-0.3, -0.25) is 0 Å². The van der Waals surface area contributed by atoms with Crippen LogP contribution in [0.2, 0.25) is 0 Å². The van der Waals surface area contributed by atoms with Crippen LogP contribution in [0, 0.1) is 5.82 Å². The molecule has 1 fully saturated rings. The van der Waals surface area contributed by atoms with Crippen molar-refractivity contribution in [1.29, 1.82) is 0 Å². The van der Waals surface area contributed by atoms with Gasteiger partial charge in [0.2, 0.25) is 10.0 Å². The van der Waals surface area contributed by atoms with Crippen molar-refractivity contribution in [1.82, 2.24) is 4.72 Å². The van der Waals surface area contributed by atoms with E-state index in [9.17, 15) is 12.8 Å². The molecule has 6 heteroatoms. The molecule has 1 aromatic rings. The highest BCUT2D eigenvalue weighted by Gasteiger charge is 2.23. The monoisotopic (exact) mass is 258 g/mol. The zero-order chi connectivity index (χ0) is 12.5. The highest BCUT2D eigenvalue weighted by atomic mass is 32.2. The van der Waals surface area contributed by atoms with E-state index in [1.165, 1.54) is 6.07 Å². The van der Waals surface area contributed by atoms with E-state index < -0.39 is 15.8 Å². The third-order valence-corrected chi connectivity index (χ3v) is 4.47.